The van der Waals surface area contributed by atoms with Gasteiger partial charge in [-0.2, -0.15) is 4.31 Å². The number of hydrogen-bond acceptors (Lipinski definition) is 3. The zero-order valence-electron chi connectivity index (χ0n) is 13.3. The van der Waals surface area contributed by atoms with E-state index in [2.05, 4.69) is 0 Å². The van der Waals surface area contributed by atoms with E-state index in [1.165, 1.54) is 4.31 Å². The molecule has 0 N–H and O–H groups in total. The highest BCUT2D eigenvalue weighted by Gasteiger charge is 2.41. The summed E-state index contributed by atoms with van der Waals surface area (Å²) in [6.07, 6.45) is 0.0923. The van der Waals surface area contributed by atoms with Gasteiger partial charge in [-0.15, -0.1) is 0 Å². The van der Waals surface area contributed by atoms with Crippen molar-refractivity contribution < 1.29 is 13.2 Å². The molecular weight excluding hydrogens is 310 g/mol. The van der Waals surface area contributed by atoms with Crippen molar-refractivity contribution in [3.8, 4) is 0 Å². The summed E-state index contributed by atoms with van der Waals surface area (Å²) in [5.41, 5.74) is 2.10. The Morgan fingerprint density at radius 3 is 2.39 bits per heavy atom. The van der Waals surface area contributed by atoms with E-state index < -0.39 is 16.3 Å². The van der Waals surface area contributed by atoms with Crippen LogP contribution < -0.4 is 0 Å². The van der Waals surface area contributed by atoms with E-state index in [1.54, 1.807) is 12.1 Å². The monoisotopic (exact) mass is 331 g/mol. The molecule has 1 aliphatic heterocycles. The lowest BCUT2D eigenvalue weighted by Crippen LogP contribution is -2.41. The Morgan fingerprint density at radius 2 is 1.74 bits per heavy atom. The van der Waals surface area contributed by atoms with Gasteiger partial charge < -0.3 is 4.74 Å². The highest BCUT2D eigenvalue weighted by Crippen LogP contribution is 2.28. The quantitative estimate of drug-likeness (QED) is 0.865. The summed E-state index contributed by atoms with van der Waals surface area (Å²) >= 11 is 0. The molecule has 1 aliphatic rings. The van der Waals surface area contributed by atoms with Crippen LogP contribution in [0.1, 0.15) is 18.1 Å². The summed E-state index contributed by atoms with van der Waals surface area (Å²) in [5.74, 6) is 0. The van der Waals surface area contributed by atoms with Crippen LogP contribution in [0.3, 0.4) is 0 Å². The van der Waals surface area contributed by atoms with Crippen molar-refractivity contribution in [2.75, 3.05) is 6.61 Å². The third-order valence-electron chi connectivity index (χ3n) is 4.10. The first-order valence-electron chi connectivity index (χ1n) is 7.74. The Kier molecular flexibility index (Phi) is 4.53. The Morgan fingerprint density at radius 1 is 1.09 bits per heavy atom. The van der Waals surface area contributed by atoms with Gasteiger partial charge in [0.25, 0.3) is 0 Å². The molecule has 5 heteroatoms. The van der Waals surface area contributed by atoms with E-state index in [4.69, 9.17) is 4.74 Å². The predicted molar refractivity (Wildman–Crippen MR) is 89.6 cm³/mol. The van der Waals surface area contributed by atoms with Gasteiger partial charge in [0, 0.05) is 12.5 Å². The lowest BCUT2D eigenvalue weighted by Gasteiger charge is -2.25. The van der Waals surface area contributed by atoms with Crippen LogP contribution >= 0.6 is 0 Å². The smallest absolute Gasteiger partial charge is 0.245 e. The van der Waals surface area contributed by atoms with Crippen molar-refractivity contribution in [2.45, 2.75) is 37.4 Å². The molecule has 0 amide bonds. The van der Waals surface area contributed by atoms with Crippen LogP contribution in [0.4, 0.5) is 0 Å². The Hall–Kier alpha value is -1.69. The summed E-state index contributed by atoms with van der Waals surface area (Å²) < 4.78 is 33.3. The van der Waals surface area contributed by atoms with E-state index in [1.807, 2.05) is 56.3 Å². The van der Waals surface area contributed by atoms with Gasteiger partial charge in [-0.25, -0.2) is 8.42 Å². The van der Waals surface area contributed by atoms with Crippen LogP contribution in [0.5, 0.6) is 0 Å². The van der Waals surface area contributed by atoms with Gasteiger partial charge in [0.05, 0.1) is 11.5 Å². The predicted octanol–water partition coefficient (Wildman–Crippen LogP) is 2.97. The van der Waals surface area contributed by atoms with Crippen LogP contribution in [0, 0.1) is 6.92 Å². The molecule has 4 nitrogen and oxygen atoms in total. The molecule has 23 heavy (non-hydrogen) atoms. The Balaban J connectivity index is 1.90. The van der Waals surface area contributed by atoms with Gasteiger partial charge in [0.15, 0.2) is 0 Å². The standard InChI is InChI=1S/C18H21NO3S/c1-14-8-10-17(11-9-14)23(20,21)19-15(2)13-22-18(19)12-16-6-4-3-5-7-16/h3-11,15,18H,12-13H2,1-2H3/t15-,18-/m0/s1. The highest BCUT2D eigenvalue weighted by atomic mass is 32.2. The Bertz CT molecular complexity index is 757. The minimum Gasteiger partial charge on any atom is -0.360 e. The van der Waals surface area contributed by atoms with Gasteiger partial charge >= 0.3 is 0 Å². The molecule has 3 rings (SSSR count). The van der Waals surface area contributed by atoms with Crippen LogP contribution in [0.25, 0.3) is 0 Å². The van der Waals surface area contributed by atoms with E-state index in [0.29, 0.717) is 17.9 Å². The van der Waals surface area contributed by atoms with Gasteiger partial charge in [-0.1, -0.05) is 48.0 Å². The van der Waals surface area contributed by atoms with Gasteiger partial charge in [-0.05, 0) is 31.5 Å². The minimum atomic E-state index is -3.57. The maximum Gasteiger partial charge on any atom is 0.245 e. The van der Waals surface area contributed by atoms with E-state index in [9.17, 15) is 8.42 Å². The third-order valence-corrected chi connectivity index (χ3v) is 6.12. The summed E-state index contributed by atoms with van der Waals surface area (Å²) in [7, 11) is -3.57. The zero-order chi connectivity index (χ0) is 16.4. The van der Waals surface area contributed by atoms with Crippen molar-refractivity contribution in [3.05, 3.63) is 65.7 Å². The second kappa shape index (κ2) is 6.43. The topological polar surface area (TPSA) is 46.6 Å². The third kappa shape index (κ3) is 3.32. The number of ether oxygens (including phenoxy) is 1. The molecule has 2 atom stereocenters. The number of hydrogen-bond donors (Lipinski definition) is 0. The Labute approximate surface area is 137 Å². The molecule has 1 heterocycles. The summed E-state index contributed by atoms with van der Waals surface area (Å²) in [6, 6.07) is 16.6. The van der Waals surface area contributed by atoms with Gasteiger partial charge in [0.1, 0.15) is 6.23 Å². The van der Waals surface area contributed by atoms with E-state index in [0.717, 1.165) is 11.1 Å². The molecule has 0 aliphatic carbocycles. The maximum atomic E-state index is 13.0. The SMILES string of the molecule is Cc1ccc(S(=O)(=O)N2[C@H](Cc3ccccc3)OC[C@@H]2C)cc1. The van der Waals surface area contributed by atoms with Gasteiger partial charge in [0.2, 0.25) is 10.0 Å². The normalized spacial score (nSPS) is 22.3. The second-order valence-corrected chi connectivity index (χ2v) is 7.82. The maximum absolute atomic E-state index is 13.0. The molecule has 0 aromatic heterocycles. The fourth-order valence-electron chi connectivity index (χ4n) is 2.87. The van der Waals surface area contributed by atoms with Gasteiger partial charge in [-0.3, -0.25) is 0 Å². The molecule has 0 radical (unpaired) electrons. The summed E-state index contributed by atoms with van der Waals surface area (Å²) in [5, 5.41) is 0. The second-order valence-electron chi connectivity index (χ2n) is 5.97. The molecule has 0 unspecified atom stereocenters. The number of aryl methyl sites for hydroxylation is 1. The highest BCUT2D eigenvalue weighted by molar-refractivity contribution is 7.89. The van der Waals surface area contributed by atoms with Crippen molar-refractivity contribution in [1.29, 1.82) is 0 Å². The first-order valence-corrected chi connectivity index (χ1v) is 9.18. The van der Waals surface area contributed by atoms with E-state index >= 15 is 0 Å². The van der Waals surface area contributed by atoms with Crippen LogP contribution in [-0.4, -0.2) is 31.6 Å². The summed E-state index contributed by atoms with van der Waals surface area (Å²) in [4.78, 5) is 0.318. The van der Waals surface area contributed by atoms with Crippen LogP contribution in [0.15, 0.2) is 59.5 Å². The van der Waals surface area contributed by atoms with Crippen LogP contribution in [-0.2, 0) is 21.2 Å². The fourth-order valence-corrected chi connectivity index (χ4v) is 4.57. The molecule has 2 aromatic rings. The van der Waals surface area contributed by atoms with Crippen molar-refractivity contribution in [3.63, 3.8) is 0 Å². The number of sulfonamides is 1. The van der Waals surface area contributed by atoms with Crippen molar-refractivity contribution in [2.24, 2.45) is 0 Å². The lowest BCUT2D eigenvalue weighted by molar-refractivity contribution is 0.0689. The largest absolute Gasteiger partial charge is 0.360 e. The molecule has 0 saturated carbocycles. The van der Waals surface area contributed by atoms with Crippen LogP contribution in [0.2, 0.25) is 0 Å². The lowest BCUT2D eigenvalue weighted by atomic mass is 10.1. The molecular formula is C18H21NO3S. The van der Waals surface area contributed by atoms with Crippen molar-refractivity contribution in [1.82, 2.24) is 4.31 Å². The zero-order valence-corrected chi connectivity index (χ0v) is 14.2. The average molecular weight is 331 g/mol. The molecule has 0 bridgehead atoms. The molecule has 122 valence electrons. The fraction of sp³-hybridized carbons (Fsp3) is 0.333. The number of nitrogens with zero attached hydrogens (tertiary/aromatic N) is 1. The van der Waals surface area contributed by atoms with E-state index in [-0.39, 0.29) is 6.04 Å². The summed E-state index contributed by atoms with van der Waals surface area (Å²) in [6.45, 7) is 4.25. The molecule has 1 saturated heterocycles. The number of benzene rings is 2. The van der Waals surface area contributed by atoms with Crippen molar-refractivity contribution >= 4 is 10.0 Å². The first-order chi connectivity index (χ1) is 11.0. The first kappa shape index (κ1) is 16.2. The minimum absolute atomic E-state index is 0.171. The molecule has 2 aromatic carbocycles. The average Bonchev–Trinajstić information content (AvgIpc) is 2.90. The molecule has 0 spiro atoms. The molecule has 1 fully saturated rings. The number of rotatable bonds is 4.